The predicted octanol–water partition coefficient (Wildman–Crippen LogP) is 2.78. The van der Waals surface area contributed by atoms with Crippen molar-refractivity contribution in [2.45, 2.75) is 11.1 Å². The number of benzene rings is 1. The number of hydrogen-bond acceptors (Lipinski definition) is 5. The third kappa shape index (κ3) is 3.06. The van der Waals surface area contributed by atoms with Gasteiger partial charge in [0, 0.05) is 0 Å². The van der Waals surface area contributed by atoms with Gasteiger partial charge in [0.2, 0.25) is 0 Å². The van der Waals surface area contributed by atoms with Crippen LogP contribution in [0.5, 0.6) is 0 Å². The van der Waals surface area contributed by atoms with E-state index in [1.807, 2.05) is 0 Å². The SMILES string of the molecule is COC(=O)c1c(C)ccc(F)c1NS(=O)(=O)c1cccs1. The van der Waals surface area contributed by atoms with E-state index >= 15 is 0 Å². The molecular weight excluding hydrogens is 317 g/mol. The Kier molecular flexibility index (Phi) is 4.29. The van der Waals surface area contributed by atoms with Gasteiger partial charge in [0.1, 0.15) is 10.0 Å². The van der Waals surface area contributed by atoms with E-state index in [9.17, 15) is 17.6 Å². The van der Waals surface area contributed by atoms with Crippen LogP contribution in [0, 0.1) is 12.7 Å². The van der Waals surface area contributed by atoms with Gasteiger partial charge in [-0.15, -0.1) is 11.3 Å². The van der Waals surface area contributed by atoms with Crippen LogP contribution in [0.2, 0.25) is 0 Å². The van der Waals surface area contributed by atoms with E-state index in [1.165, 1.54) is 12.1 Å². The molecule has 5 nitrogen and oxygen atoms in total. The standard InChI is InChI=1S/C13H12FNO4S2/c1-8-5-6-9(14)12(11(8)13(16)19-2)15-21(17,18)10-4-3-7-20-10/h3-7,15H,1-2H3. The van der Waals surface area contributed by atoms with Crippen molar-refractivity contribution in [1.29, 1.82) is 0 Å². The van der Waals surface area contributed by atoms with Crippen molar-refractivity contribution < 1.29 is 22.3 Å². The number of aryl methyl sites for hydroxylation is 1. The zero-order chi connectivity index (χ0) is 15.6. The minimum atomic E-state index is -3.95. The average molecular weight is 329 g/mol. The molecule has 112 valence electrons. The predicted molar refractivity (Wildman–Crippen MR) is 77.6 cm³/mol. The highest BCUT2D eigenvalue weighted by Crippen LogP contribution is 2.28. The number of methoxy groups -OCH3 is 1. The number of sulfonamides is 1. The van der Waals surface area contributed by atoms with Crippen LogP contribution in [-0.4, -0.2) is 21.5 Å². The van der Waals surface area contributed by atoms with Crippen molar-refractivity contribution in [3.63, 3.8) is 0 Å². The highest BCUT2D eigenvalue weighted by molar-refractivity contribution is 7.94. The van der Waals surface area contributed by atoms with Crippen molar-refractivity contribution in [3.05, 3.63) is 46.6 Å². The summed E-state index contributed by atoms with van der Waals surface area (Å²) in [7, 11) is -2.81. The molecule has 0 radical (unpaired) electrons. The highest BCUT2D eigenvalue weighted by atomic mass is 32.2. The summed E-state index contributed by atoms with van der Waals surface area (Å²) in [5.74, 6) is -1.66. The molecule has 2 aromatic rings. The topological polar surface area (TPSA) is 72.5 Å². The van der Waals surface area contributed by atoms with E-state index < -0.39 is 27.5 Å². The molecule has 1 aromatic carbocycles. The Bertz CT molecular complexity index is 770. The number of carbonyl (C=O) groups is 1. The quantitative estimate of drug-likeness (QED) is 0.876. The zero-order valence-corrected chi connectivity index (χ0v) is 12.8. The van der Waals surface area contributed by atoms with E-state index in [1.54, 1.807) is 18.4 Å². The minimum absolute atomic E-state index is 0.0271. The second kappa shape index (κ2) is 5.82. The van der Waals surface area contributed by atoms with Gasteiger partial charge in [-0.1, -0.05) is 12.1 Å². The summed E-state index contributed by atoms with van der Waals surface area (Å²) in [6, 6.07) is 5.42. The Morgan fingerprint density at radius 1 is 1.33 bits per heavy atom. The van der Waals surface area contributed by atoms with Gasteiger partial charge in [0.05, 0.1) is 18.4 Å². The summed E-state index contributed by atoms with van der Waals surface area (Å²) in [6.45, 7) is 1.56. The highest BCUT2D eigenvalue weighted by Gasteiger charge is 2.24. The number of anilines is 1. The Hall–Kier alpha value is -1.93. The Balaban J connectivity index is 2.54. The number of halogens is 1. The van der Waals surface area contributed by atoms with E-state index in [-0.39, 0.29) is 9.77 Å². The van der Waals surface area contributed by atoms with Crippen LogP contribution < -0.4 is 4.72 Å². The first-order valence-electron chi connectivity index (χ1n) is 5.80. The lowest BCUT2D eigenvalue weighted by atomic mass is 10.1. The normalized spacial score (nSPS) is 11.2. The second-order valence-electron chi connectivity index (χ2n) is 4.14. The first-order chi connectivity index (χ1) is 9.86. The van der Waals surface area contributed by atoms with Crippen LogP contribution in [0.1, 0.15) is 15.9 Å². The first-order valence-corrected chi connectivity index (χ1v) is 8.17. The summed E-state index contributed by atoms with van der Waals surface area (Å²) in [6.07, 6.45) is 0. The summed E-state index contributed by atoms with van der Waals surface area (Å²) in [5, 5.41) is 1.59. The number of thiophene rings is 1. The molecule has 0 amide bonds. The van der Waals surface area contributed by atoms with Crippen molar-refractivity contribution in [1.82, 2.24) is 0 Å². The molecule has 0 aliphatic carbocycles. The number of rotatable bonds is 4. The Morgan fingerprint density at radius 3 is 2.62 bits per heavy atom. The van der Waals surface area contributed by atoms with Gasteiger partial charge >= 0.3 is 5.97 Å². The van der Waals surface area contributed by atoms with Crippen molar-refractivity contribution in [2.75, 3.05) is 11.8 Å². The lowest BCUT2D eigenvalue weighted by Gasteiger charge is -2.13. The monoisotopic (exact) mass is 329 g/mol. The van der Waals surface area contributed by atoms with E-state index in [2.05, 4.69) is 9.46 Å². The van der Waals surface area contributed by atoms with E-state index in [0.717, 1.165) is 24.5 Å². The summed E-state index contributed by atoms with van der Waals surface area (Å²) in [4.78, 5) is 11.8. The Morgan fingerprint density at radius 2 is 2.05 bits per heavy atom. The number of carbonyl (C=O) groups excluding carboxylic acids is 1. The maximum atomic E-state index is 14.0. The molecule has 0 bridgehead atoms. The maximum Gasteiger partial charge on any atom is 0.340 e. The fraction of sp³-hybridized carbons (Fsp3) is 0.154. The molecule has 1 heterocycles. The molecule has 2 rings (SSSR count). The van der Waals surface area contributed by atoms with Crippen molar-refractivity contribution in [3.8, 4) is 0 Å². The molecule has 0 unspecified atom stereocenters. The number of esters is 1. The van der Waals surface area contributed by atoms with Gasteiger partial charge in [-0.25, -0.2) is 17.6 Å². The molecular formula is C13H12FNO4S2. The molecule has 0 saturated carbocycles. The fourth-order valence-corrected chi connectivity index (χ4v) is 3.82. The summed E-state index contributed by atoms with van der Waals surface area (Å²) in [5.41, 5.74) is -0.139. The number of nitrogens with one attached hydrogen (secondary N) is 1. The van der Waals surface area contributed by atoms with E-state index in [4.69, 9.17) is 0 Å². The molecule has 21 heavy (non-hydrogen) atoms. The molecule has 0 aliphatic heterocycles. The van der Waals surface area contributed by atoms with E-state index in [0.29, 0.717) is 5.56 Å². The van der Waals surface area contributed by atoms with Crippen molar-refractivity contribution in [2.24, 2.45) is 0 Å². The lowest BCUT2D eigenvalue weighted by molar-refractivity contribution is 0.0600. The largest absolute Gasteiger partial charge is 0.465 e. The molecule has 0 saturated heterocycles. The van der Waals surface area contributed by atoms with Gasteiger partial charge in [-0.2, -0.15) is 0 Å². The Labute approximate surface area is 125 Å². The van der Waals surface area contributed by atoms with Crippen molar-refractivity contribution >= 4 is 33.0 Å². The lowest BCUT2D eigenvalue weighted by Crippen LogP contribution is -2.17. The van der Waals surface area contributed by atoms with Crippen LogP contribution in [0.25, 0.3) is 0 Å². The molecule has 0 atom stereocenters. The third-order valence-electron chi connectivity index (χ3n) is 2.75. The molecule has 8 heteroatoms. The fourth-order valence-electron chi connectivity index (χ4n) is 1.75. The number of ether oxygens (including phenoxy) is 1. The zero-order valence-electron chi connectivity index (χ0n) is 11.2. The first kappa shape index (κ1) is 15.5. The molecule has 0 spiro atoms. The molecule has 0 aliphatic rings. The van der Waals surface area contributed by atoms with Crippen LogP contribution >= 0.6 is 11.3 Å². The smallest absolute Gasteiger partial charge is 0.340 e. The average Bonchev–Trinajstić information content (AvgIpc) is 2.97. The van der Waals surface area contributed by atoms with Gasteiger partial charge in [-0.3, -0.25) is 4.72 Å². The van der Waals surface area contributed by atoms with Gasteiger partial charge in [0.15, 0.2) is 0 Å². The van der Waals surface area contributed by atoms with Crippen LogP contribution in [0.15, 0.2) is 33.9 Å². The van der Waals surface area contributed by atoms with Crippen LogP contribution in [0.3, 0.4) is 0 Å². The molecule has 1 aromatic heterocycles. The number of hydrogen-bond donors (Lipinski definition) is 1. The van der Waals surface area contributed by atoms with Gasteiger partial charge in [0.25, 0.3) is 10.0 Å². The van der Waals surface area contributed by atoms with Gasteiger partial charge < -0.3 is 4.74 Å². The van der Waals surface area contributed by atoms with Crippen LogP contribution in [-0.2, 0) is 14.8 Å². The molecule has 0 fully saturated rings. The van der Waals surface area contributed by atoms with Gasteiger partial charge in [-0.05, 0) is 30.0 Å². The summed E-state index contributed by atoms with van der Waals surface area (Å²) < 4.78 is 45.0. The maximum absolute atomic E-state index is 14.0. The second-order valence-corrected chi connectivity index (χ2v) is 7.00. The molecule has 1 N–H and O–H groups in total. The summed E-state index contributed by atoms with van der Waals surface area (Å²) >= 11 is 0.990. The third-order valence-corrected chi connectivity index (χ3v) is 5.50. The van der Waals surface area contributed by atoms with Crippen LogP contribution in [0.4, 0.5) is 10.1 Å². The minimum Gasteiger partial charge on any atom is -0.465 e.